The molecule has 0 aliphatic carbocycles. The molecule has 0 fully saturated rings. The van der Waals surface area contributed by atoms with Gasteiger partial charge in [-0.1, -0.05) is 130 Å². The minimum absolute atomic E-state index is 0. The van der Waals surface area contributed by atoms with E-state index < -0.39 is 7.87 Å². The van der Waals surface area contributed by atoms with Gasteiger partial charge in [0.2, 0.25) is 0 Å². The van der Waals surface area contributed by atoms with Crippen LogP contribution in [0.2, 0.25) is 0 Å². The largest absolute Gasteiger partial charge is 1.00 e. The zero-order chi connectivity index (χ0) is 46.5. The van der Waals surface area contributed by atoms with Crippen molar-refractivity contribution in [3.8, 4) is 23.0 Å². The minimum atomic E-state index is -2.97. The Morgan fingerprint density at radius 3 is 0.636 bits per heavy atom. The lowest BCUT2D eigenvalue weighted by molar-refractivity contribution is -0.0000148. The van der Waals surface area contributed by atoms with Gasteiger partial charge in [-0.2, -0.15) is 18.7 Å². The standard InChI is InChI=1S/C56H88N4O4P.HI/c1-9-13-17-21-25-45-57(49-29-37-53(61-5)38-30-49)65(58(46-26-22-18-14-10-2)50-31-39-54(62-6)40-32-50,59(47-27-23-19-15-11-3)51-33-41-55(63-7)42-34-51)60(48-28-24-20-16-12-4)52-35-43-56(64-8)44-36-52;/h29-44H,9-28,45-48H2,1-8H3;1H/q+1;/p-1. The van der Waals surface area contributed by atoms with E-state index in [0.717, 1.165) is 74.9 Å². The van der Waals surface area contributed by atoms with E-state index in [-0.39, 0.29) is 24.0 Å². The minimum Gasteiger partial charge on any atom is -1.00 e. The summed E-state index contributed by atoms with van der Waals surface area (Å²) >= 11 is 0. The van der Waals surface area contributed by atoms with Gasteiger partial charge < -0.3 is 42.9 Å². The Kier molecular flexibility index (Phi) is 28.4. The molecule has 8 nitrogen and oxygen atoms in total. The molecule has 0 N–H and O–H groups in total. The first-order valence-corrected chi connectivity index (χ1v) is 27.1. The molecule has 10 heteroatoms. The van der Waals surface area contributed by atoms with Crippen molar-refractivity contribution < 1.29 is 42.9 Å². The molecule has 0 saturated heterocycles. The Labute approximate surface area is 420 Å². The molecule has 0 amide bonds. The van der Waals surface area contributed by atoms with Gasteiger partial charge in [0, 0.05) is 0 Å². The number of hydrogen-bond acceptors (Lipinski definition) is 8. The zero-order valence-corrected chi connectivity index (χ0v) is 45.5. The molecule has 4 aromatic rings. The summed E-state index contributed by atoms with van der Waals surface area (Å²) in [6.45, 7) is 12.9. The summed E-state index contributed by atoms with van der Waals surface area (Å²) in [6.07, 6.45) is 23.9. The van der Waals surface area contributed by atoms with Gasteiger partial charge in [0.05, 0.1) is 77.4 Å². The molecule has 0 aliphatic heterocycles. The van der Waals surface area contributed by atoms with Crippen molar-refractivity contribution in [3.05, 3.63) is 97.1 Å². The fraction of sp³-hybridized carbons (Fsp3) is 0.571. The molecule has 0 aliphatic rings. The number of rotatable bonds is 36. The molecule has 66 heavy (non-hydrogen) atoms. The first kappa shape index (κ1) is 56.8. The molecule has 0 atom stereocenters. The highest BCUT2D eigenvalue weighted by atomic mass is 127. The van der Waals surface area contributed by atoms with Crippen molar-refractivity contribution in [3.63, 3.8) is 0 Å². The second-order valence-electron chi connectivity index (χ2n) is 17.5. The van der Waals surface area contributed by atoms with Crippen LogP contribution in [0.15, 0.2) is 97.1 Å². The molecule has 0 spiro atoms. The van der Waals surface area contributed by atoms with E-state index in [1.807, 2.05) is 0 Å². The summed E-state index contributed by atoms with van der Waals surface area (Å²) in [5.74, 6) is 3.48. The third kappa shape index (κ3) is 16.9. The first-order chi connectivity index (χ1) is 31.9. The number of unbranched alkanes of at least 4 members (excludes halogenated alkanes) is 16. The zero-order valence-electron chi connectivity index (χ0n) is 42.5. The average molecular weight is 1040 g/mol. The Bertz CT molecular complexity index is 1530. The molecule has 0 heterocycles. The molecular weight excluding hydrogens is 951 g/mol. The third-order valence-electron chi connectivity index (χ3n) is 12.7. The molecule has 0 saturated carbocycles. The van der Waals surface area contributed by atoms with E-state index in [4.69, 9.17) is 18.9 Å². The van der Waals surface area contributed by atoms with Gasteiger partial charge in [0.15, 0.2) is 0 Å². The van der Waals surface area contributed by atoms with Gasteiger partial charge in [-0.25, -0.2) is 0 Å². The highest BCUT2D eigenvalue weighted by Crippen LogP contribution is 2.74. The maximum Gasteiger partial charge on any atom is 0.405 e. The maximum absolute atomic E-state index is 5.86. The predicted octanol–water partition coefficient (Wildman–Crippen LogP) is 13.6. The number of methoxy groups -OCH3 is 4. The van der Waals surface area contributed by atoms with Crippen LogP contribution in [0.5, 0.6) is 23.0 Å². The highest BCUT2D eigenvalue weighted by Gasteiger charge is 2.63. The van der Waals surface area contributed by atoms with E-state index in [2.05, 4.69) is 143 Å². The first-order valence-electron chi connectivity index (χ1n) is 25.5. The lowest BCUT2D eigenvalue weighted by atomic mass is 10.1. The summed E-state index contributed by atoms with van der Waals surface area (Å²) in [7, 11) is 4.12. The monoisotopic (exact) mass is 1040 g/mol. The number of nitrogens with zero attached hydrogens (tertiary/aromatic N) is 4. The molecule has 0 aromatic heterocycles. The third-order valence-corrected chi connectivity index (χ3v) is 17.0. The van der Waals surface area contributed by atoms with E-state index in [1.165, 1.54) is 125 Å². The van der Waals surface area contributed by atoms with Gasteiger partial charge >= 0.3 is 7.87 Å². The van der Waals surface area contributed by atoms with Crippen LogP contribution in [0.25, 0.3) is 0 Å². The van der Waals surface area contributed by atoms with Gasteiger partial charge in [0.1, 0.15) is 23.0 Å². The molecule has 0 unspecified atom stereocenters. The molecule has 0 radical (unpaired) electrons. The molecular formula is C56H88IN4O4P. The number of halogens is 1. The average Bonchev–Trinajstić information content (AvgIpc) is 3.35. The van der Waals surface area contributed by atoms with Gasteiger partial charge in [-0.3, -0.25) is 0 Å². The van der Waals surface area contributed by atoms with Crippen LogP contribution in [0.4, 0.5) is 22.7 Å². The molecule has 4 rings (SSSR count). The summed E-state index contributed by atoms with van der Waals surface area (Å²) < 4.78 is 35.0. The lowest BCUT2D eigenvalue weighted by Crippen LogP contribution is -3.00. The van der Waals surface area contributed by atoms with Crippen LogP contribution in [-0.4, -0.2) is 54.6 Å². The van der Waals surface area contributed by atoms with E-state index >= 15 is 0 Å². The van der Waals surface area contributed by atoms with Crippen LogP contribution >= 0.6 is 7.87 Å². The Balaban J connectivity index is 0.0000116. The van der Waals surface area contributed by atoms with Crippen molar-refractivity contribution in [1.29, 1.82) is 0 Å². The normalized spacial score (nSPS) is 11.2. The highest BCUT2D eigenvalue weighted by molar-refractivity contribution is 7.81. The topological polar surface area (TPSA) is 49.9 Å². The number of hydrogen-bond donors (Lipinski definition) is 0. The Hall–Kier alpha value is -3.56. The summed E-state index contributed by atoms with van der Waals surface area (Å²) in [5, 5.41) is 0. The van der Waals surface area contributed by atoms with Crippen molar-refractivity contribution >= 4 is 30.6 Å². The van der Waals surface area contributed by atoms with Crippen molar-refractivity contribution in [2.45, 2.75) is 156 Å². The number of ether oxygens (including phenoxy) is 4. The van der Waals surface area contributed by atoms with Crippen LogP contribution in [0.1, 0.15) is 156 Å². The van der Waals surface area contributed by atoms with Crippen molar-refractivity contribution in [2.75, 3.05) is 73.3 Å². The number of benzene rings is 4. The quantitative estimate of drug-likeness (QED) is 0.0254. The maximum atomic E-state index is 5.86. The smallest absolute Gasteiger partial charge is 0.405 e. The van der Waals surface area contributed by atoms with Gasteiger partial charge in [0.25, 0.3) is 0 Å². The van der Waals surface area contributed by atoms with Gasteiger partial charge in [-0.05, 0) is 123 Å². The van der Waals surface area contributed by atoms with Crippen molar-refractivity contribution in [2.24, 2.45) is 0 Å². The van der Waals surface area contributed by atoms with Gasteiger partial charge in [-0.15, -0.1) is 0 Å². The fourth-order valence-corrected chi connectivity index (χ4v) is 13.9. The summed E-state index contributed by atoms with van der Waals surface area (Å²) in [5.41, 5.74) is 4.86. The summed E-state index contributed by atoms with van der Waals surface area (Å²) in [4.78, 5) is 0. The molecule has 0 bridgehead atoms. The Morgan fingerprint density at radius 2 is 0.470 bits per heavy atom. The van der Waals surface area contributed by atoms with Crippen LogP contribution < -0.4 is 61.6 Å². The summed E-state index contributed by atoms with van der Waals surface area (Å²) in [6, 6.07) is 36.0. The van der Waals surface area contributed by atoms with Crippen LogP contribution in [0, 0.1) is 0 Å². The van der Waals surface area contributed by atoms with E-state index in [9.17, 15) is 0 Å². The molecule has 368 valence electrons. The van der Waals surface area contributed by atoms with Crippen LogP contribution in [-0.2, 0) is 0 Å². The Morgan fingerprint density at radius 1 is 0.288 bits per heavy atom. The second kappa shape index (κ2) is 33.0. The SMILES string of the molecule is CCCCCCCN(c1ccc(OC)cc1)[P+](N(CCCCCCC)c1ccc(OC)cc1)(N(CCCCCCC)c1ccc(OC)cc1)N(CCCCCCC)c1ccc(OC)cc1.[I-]. The molecule has 4 aromatic carbocycles. The van der Waals surface area contributed by atoms with Crippen LogP contribution in [0.3, 0.4) is 0 Å². The van der Waals surface area contributed by atoms with E-state index in [0.29, 0.717) is 0 Å². The second-order valence-corrected chi connectivity index (χ2v) is 20.5. The fourth-order valence-electron chi connectivity index (χ4n) is 8.93. The number of anilines is 4. The van der Waals surface area contributed by atoms with E-state index in [1.54, 1.807) is 28.4 Å². The van der Waals surface area contributed by atoms with Crippen molar-refractivity contribution in [1.82, 2.24) is 0 Å². The predicted molar refractivity (Wildman–Crippen MR) is 283 cm³/mol. The lowest BCUT2D eigenvalue weighted by Gasteiger charge is -2.53.